The summed E-state index contributed by atoms with van der Waals surface area (Å²) in [5.74, 6) is 0.336. The lowest BCUT2D eigenvalue weighted by atomic mass is 9.97. The van der Waals surface area contributed by atoms with Gasteiger partial charge in [0.1, 0.15) is 6.10 Å². The number of benzene rings is 1. The van der Waals surface area contributed by atoms with Crippen molar-refractivity contribution in [3.8, 4) is 11.4 Å². The largest absolute Gasteiger partial charge is 0.371 e. The normalized spacial score (nSPS) is 19.2. The van der Waals surface area contributed by atoms with Crippen LogP contribution in [0.3, 0.4) is 0 Å². The second-order valence-electron chi connectivity index (χ2n) is 6.66. The van der Waals surface area contributed by atoms with Gasteiger partial charge in [0.25, 0.3) is 0 Å². The molecule has 7 heteroatoms. The van der Waals surface area contributed by atoms with Gasteiger partial charge in [-0.2, -0.15) is 5.10 Å². The van der Waals surface area contributed by atoms with Crippen LogP contribution in [0.15, 0.2) is 48.8 Å². The molecule has 0 aliphatic carbocycles. The van der Waals surface area contributed by atoms with Gasteiger partial charge in [-0.25, -0.2) is 9.97 Å². The number of ether oxygens (including phenoxy) is 1. The Hall–Kier alpha value is -3.06. The molecule has 138 valence electrons. The molecular weight excluding hydrogens is 342 g/mol. The maximum absolute atomic E-state index is 12.9. The first-order chi connectivity index (χ1) is 13.1. The van der Waals surface area contributed by atoms with Crippen molar-refractivity contribution in [3.05, 3.63) is 60.2 Å². The molecule has 1 amide bonds. The fraction of sp³-hybridized carbons (Fsp3) is 0.300. The second-order valence-corrected chi connectivity index (χ2v) is 6.66. The summed E-state index contributed by atoms with van der Waals surface area (Å²) in [6.07, 6.45) is 3.86. The van der Waals surface area contributed by atoms with Crippen LogP contribution in [0.5, 0.6) is 0 Å². The average Bonchev–Trinajstić information content (AvgIpc) is 3.30. The van der Waals surface area contributed by atoms with Crippen LogP contribution in [0.1, 0.15) is 23.9 Å². The third kappa shape index (κ3) is 3.59. The molecule has 1 fully saturated rings. The number of aryl methyl sites for hydroxylation is 2. The average molecular weight is 363 g/mol. The lowest BCUT2D eigenvalue weighted by molar-refractivity contribution is -0.121. The molecule has 0 saturated carbocycles. The Morgan fingerprint density at radius 1 is 1.26 bits per heavy atom. The molecule has 1 N–H and O–H groups in total. The molecule has 3 aromatic rings. The summed E-state index contributed by atoms with van der Waals surface area (Å²) in [7, 11) is 1.86. The number of hydrogen-bond acceptors (Lipinski definition) is 5. The van der Waals surface area contributed by atoms with Crippen molar-refractivity contribution < 1.29 is 9.53 Å². The number of nitrogens with one attached hydrogen (secondary N) is 1. The van der Waals surface area contributed by atoms with Crippen molar-refractivity contribution in [1.82, 2.24) is 19.7 Å². The van der Waals surface area contributed by atoms with Crippen molar-refractivity contribution >= 4 is 11.6 Å². The first-order valence-corrected chi connectivity index (χ1v) is 8.92. The van der Waals surface area contributed by atoms with Crippen LogP contribution in [-0.4, -0.2) is 32.3 Å². The molecule has 1 aliphatic rings. The van der Waals surface area contributed by atoms with Gasteiger partial charge in [0.15, 0.2) is 5.82 Å². The van der Waals surface area contributed by atoms with Crippen molar-refractivity contribution in [2.75, 3.05) is 11.9 Å². The van der Waals surface area contributed by atoms with Gasteiger partial charge in [-0.15, -0.1) is 0 Å². The third-order valence-electron chi connectivity index (χ3n) is 4.76. The van der Waals surface area contributed by atoms with Crippen LogP contribution in [0.2, 0.25) is 0 Å². The fourth-order valence-electron chi connectivity index (χ4n) is 3.37. The third-order valence-corrected chi connectivity index (χ3v) is 4.76. The molecule has 1 saturated heterocycles. The van der Waals surface area contributed by atoms with E-state index < -0.39 is 0 Å². The van der Waals surface area contributed by atoms with Gasteiger partial charge < -0.3 is 10.1 Å². The van der Waals surface area contributed by atoms with E-state index in [1.54, 1.807) is 17.1 Å². The summed E-state index contributed by atoms with van der Waals surface area (Å²) < 4.78 is 7.57. The standard InChI is InChI=1S/C20H21N5O2/c1-13-6-9-21-19(23-13)14-4-3-5-15(12-14)24-20(26)16-8-11-27-18(16)17-7-10-22-25(17)2/h3-7,9-10,12,16,18H,8,11H2,1-2H3,(H,24,26)/t16-,18-/m1/s1. The number of anilines is 1. The number of aromatic nitrogens is 4. The van der Waals surface area contributed by atoms with Crippen molar-refractivity contribution in [1.29, 1.82) is 0 Å². The van der Waals surface area contributed by atoms with Gasteiger partial charge in [0.05, 0.1) is 11.6 Å². The summed E-state index contributed by atoms with van der Waals surface area (Å²) in [6, 6.07) is 11.3. The number of rotatable bonds is 4. The molecule has 0 bridgehead atoms. The van der Waals surface area contributed by atoms with Crippen LogP contribution in [0, 0.1) is 12.8 Å². The molecule has 0 spiro atoms. The van der Waals surface area contributed by atoms with Crippen molar-refractivity contribution in [2.24, 2.45) is 13.0 Å². The zero-order valence-corrected chi connectivity index (χ0v) is 15.3. The van der Waals surface area contributed by atoms with E-state index in [1.807, 2.05) is 50.4 Å². The fourth-order valence-corrected chi connectivity index (χ4v) is 3.37. The van der Waals surface area contributed by atoms with E-state index in [1.165, 1.54) is 0 Å². The van der Waals surface area contributed by atoms with Crippen LogP contribution in [-0.2, 0) is 16.6 Å². The maximum Gasteiger partial charge on any atom is 0.230 e. The monoisotopic (exact) mass is 363 g/mol. The Labute approximate surface area is 157 Å². The number of nitrogens with zero attached hydrogens (tertiary/aromatic N) is 4. The highest BCUT2D eigenvalue weighted by Crippen LogP contribution is 2.35. The van der Waals surface area contributed by atoms with Crippen LogP contribution < -0.4 is 5.32 Å². The maximum atomic E-state index is 12.9. The Kier molecular flexibility index (Phi) is 4.68. The van der Waals surface area contributed by atoms with Crippen molar-refractivity contribution in [2.45, 2.75) is 19.4 Å². The second kappa shape index (κ2) is 7.28. The molecule has 2 atom stereocenters. The molecule has 1 aliphatic heterocycles. The van der Waals surface area contributed by atoms with E-state index in [-0.39, 0.29) is 17.9 Å². The summed E-state index contributed by atoms with van der Waals surface area (Å²) in [5, 5.41) is 7.20. The predicted molar refractivity (Wildman–Crippen MR) is 101 cm³/mol. The number of carbonyl (C=O) groups excluding carboxylic acids is 1. The van der Waals surface area contributed by atoms with Gasteiger partial charge in [0.2, 0.25) is 5.91 Å². The molecule has 27 heavy (non-hydrogen) atoms. The van der Waals surface area contributed by atoms with Gasteiger partial charge in [-0.3, -0.25) is 9.48 Å². The Morgan fingerprint density at radius 2 is 2.15 bits per heavy atom. The van der Waals surface area contributed by atoms with Crippen molar-refractivity contribution in [3.63, 3.8) is 0 Å². The van der Waals surface area contributed by atoms with E-state index >= 15 is 0 Å². The molecule has 3 heterocycles. The SMILES string of the molecule is Cc1ccnc(-c2cccc(NC(=O)[C@@H]3CCO[C@H]3c3ccnn3C)c2)n1. The number of amides is 1. The highest BCUT2D eigenvalue weighted by atomic mass is 16.5. The molecule has 1 aromatic carbocycles. The summed E-state index contributed by atoms with van der Waals surface area (Å²) >= 11 is 0. The van der Waals surface area contributed by atoms with Crippen LogP contribution in [0.4, 0.5) is 5.69 Å². The molecule has 4 rings (SSSR count). The van der Waals surface area contributed by atoms with Gasteiger partial charge in [-0.1, -0.05) is 12.1 Å². The number of carbonyl (C=O) groups is 1. The van der Waals surface area contributed by atoms with Crippen LogP contribution in [0.25, 0.3) is 11.4 Å². The molecular formula is C20H21N5O2. The number of hydrogen-bond donors (Lipinski definition) is 1. The highest BCUT2D eigenvalue weighted by Gasteiger charge is 2.36. The summed E-state index contributed by atoms with van der Waals surface area (Å²) in [5.41, 5.74) is 3.40. The summed E-state index contributed by atoms with van der Waals surface area (Å²) in [6.45, 7) is 2.49. The van der Waals surface area contributed by atoms with E-state index in [2.05, 4.69) is 20.4 Å². The van der Waals surface area contributed by atoms with Gasteiger partial charge in [0, 0.05) is 43.0 Å². The topological polar surface area (TPSA) is 81.9 Å². The zero-order valence-electron chi connectivity index (χ0n) is 15.3. The molecule has 0 radical (unpaired) electrons. The molecule has 0 unspecified atom stereocenters. The molecule has 7 nitrogen and oxygen atoms in total. The highest BCUT2D eigenvalue weighted by molar-refractivity contribution is 5.93. The smallest absolute Gasteiger partial charge is 0.230 e. The van der Waals surface area contributed by atoms with E-state index in [9.17, 15) is 4.79 Å². The van der Waals surface area contributed by atoms with E-state index in [0.29, 0.717) is 18.9 Å². The Bertz CT molecular complexity index is 968. The van der Waals surface area contributed by atoms with E-state index in [0.717, 1.165) is 22.6 Å². The van der Waals surface area contributed by atoms with E-state index in [4.69, 9.17) is 4.74 Å². The zero-order chi connectivity index (χ0) is 18.8. The minimum Gasteiger partial charge on any atom is -0.371 e. The van der Waals surface area contributed by atoms with Gasteiger partial charge in [-0.05, 0) is 37.6 Å². The Morgan fingerprint density at radius 3 is 2.93 bits per heavy atom. The minimum atomic E-state index is -0.277. The molecule has 2 aromatic heterocycles. The quantitative estimate of drug-likeness (QED) is 0.771. The minimum absolute atomic E-state index is 0.0546. The first kappa shape index (κ1) is 17.4. The predicted octanol–water partition coefficient (Wildman–Crippen LogP) is 2.90. The van der Waals surface area contributed by atoms with Crippen LogP contribution >= 0.6 is 0 Å². The first-order valence-electron chi connectivity index (χ1n) is 8.92. The Balaban J connectivity index is 1.53. The lowest BCUT2D eigenvalue weighted by Crippen LogP contribution is -2.26. The van der Waals surface area contributed by atoms with Gasteiger partial charge >= 0.3 is 0 Å². The summed E-state index contributed by atoms with van der Waals surface area (Å²) in [4.78, 5) is 21.6. The lowest BCUT2D eigenvalue weighted by Gasteiger charge is -2.18.